The Kier molecular flexibility index (Phi) is 8.97. The maximum Gasteiger partial charge on any atom is 0.341 e. The molecule has 1 heterocycles. The van der Waals surface area contributed by atoms with Gasteiger partial charge in [-0.1, -0.05) is 29.8 Å². The van der Waals surface area contributed by atoms with Crippen LogP contribution in [0.5, 0.6) is 0 Å². The zero-order valence-corrected chi connectivity index (χ0v) is 18.2. The lowest BCUT2D eigenvalue weighted by atomic mass is 10.0. The molecule has 0 spiro atoms. The van der Waals surface area contributed by atoms with E-state index < -0.39 is 11.9 Å². The van der Waals surface area contributed by atoms with Crippen LogP contribution < -0.4 is 11.1 Å². The monoisotopic (exact) mass is 433 g/mol. The Morgan fingerprint density at radius 1 is 1.17 bits per heavy atom. The standard InChI is InChI=1S/C21H27N3O5S/c1-4-29-21(27)19-16(15-7-5-14(2)6-8-15)13-30-20(19)23-18(26)12-24(9-10-28-3)11-17(22)25/h5-8,13H,4,9-12H2,1-3H3,(H2,22,25)(H,23,26). The van der Waals surface area contributed by atoms with Crippen LogP contribution in [0.1, 0.15) is 22.8 Å². The largest absolute Gasteiger partial charge is 0.462 e. The Balaban J connectivity index is 2.25. The van der Waals surface area contributed by atoms with Gasteiger partial charge in [-0.25, -0.2) is 4.79 Å². The lowest BCUT2D eigenvalue weighted by Crippen LogP contribution is -2.40. The third kappa shape index (κ3) is 6.65. The number of ether oxygens (including phenoxy) is 2. The van der Waals surface area contributed by atoms with Gasteiger partial charge in [0.25, 0.3) is 0 Å². The van der Waals surface area contributed by atoms with Crippen LogP contribution in [0.3, 0.4) is 0 Å². The number of amides is 2. The molecule has 2 rings (SSSR count). The minimum Gasteiger partial charge on any atom is -0.462 e. The average molecular weight is 434 g/mol. The van der Waals surface area contributed by atoms with E-state index in [4.69, 9.17) is 15.2 Å². The van der Waals surface area contributed by atoms with E-state index in [0.29, 0.717) is 29.3 Å². The van der Waals surface area contributed by atoms with Crippen molar-refractivity contribution in [1.82, 2.24) is 4.90 Å². The van der Waals surface area contributed by atoms with Crippen molar-refractivity contribution in [2.45, 2.75) is 13.8 Å². The van der Waals surface area contributed by atoms with Crippen LogP contribution in [0.15, 0.2) is 29.6 Å². The second-order valence-electron chi connectivity index (χ2n) is 6.66. The molecule has 1 aromatic heterocycles. The lowest BCUT2D eigenvalue weighted by molar-refractivity contribution is -0.121. The molecule has 1 aromatic carbocycles. The maximum atomic E-state index is 12.6. The van der Waals surface area contributed by atoms with E-state index in [0.717, 1.165) is 11.1 Å². The van der Waals surface area contributed by atoms with Crippen molar-refractivity contribution in [3.05, 3.63) is 40.8 Å². The summed E-state index contributed by atoms with van der Waals surface area (Å²) in [4.78, 5) is 38.1. The van der Waals surface area contributed by atoms with Crippen LogP contribution >= 0.6 is 11.3 Å². The molecule has 0 saturated carbocycles. The van der Waals surface area contributed by atoms with Gasteiger partial charge in [0.1, 0.15) is 10.6 Å². The number of nitrogens with two attached hydrogens (primary N) is 1. The highest BCUT2D eigenvalue weighted by Gasteiger charge is 2.23. The van der Waals surface area contributed by atoms with Crippen LogP contribution in [0.25, 0.3) is 11.1 Å². The van der Waals surface area contributed by atoms with E-state index in [9.17, 15) is 14.4 Å². The average Bonchev–Trinajstić information content (AvgIpc) is 3.09. The van der Waals surface area contributed by atoms with Gasteiger partial charge in [-0.3, -0.25) is 14.5 Å². The van der Waals surface area contributed by atoms with Gasteiger partial charge in [0.2, 0.25) is 11.8 Å². The molecule has 2 amide bonds. The highest BCUT2D eigenvalue weighted by atomic mass is 32.1. The first-order chi connectivity index (χ1) is 14.3. The van der Waals surface area contributed by atoms with Crippen molar-refractivity contribution >= 4 is 34.1 Å². The number of esters is 1. The molecular weight excluding hydrogens is 406 g/mol. The molecule has 2 aromatic rings. The summed E-state index contributed by atoms with van der Waals surface area (Å²) in [5.74, 6) is -1.41. The zero-order chi connectivity index (χ0) is 22.1. The summed E-state index contributed by atoms with van der Waals surface area (Å²) in [6.07, 6.45) is 0. The molecule has 0 aliphatic heterocycles. The highest BCUT2D eigenvalue weighted by molar-refractivity contribution is 7.15. The van der Waals surface area contributed by atoms with Gasteiger partial charge in [-0.05, 0) is 19.4 Å². The van der Waals surface area contributed by atoms with Crippen LogP contribution in [0.2, 0.25) is 0 Å². The van der Waals surface area contributed by atoms with E-state index in [2.05, 4.69) is 5.32 Å². The summed E-state index contributed by atoms with van der Waals surface area (Å²) >= 11 is 1.25. The third-order valence-corrected chi connectivity index (χ3v) is 5.14. The van der Waals surface area contributed by atoms with Crippen molar-refractivity contribution in [2.75, 3.05) is 45.3 Å². The quantitative estimate of drug-likeness (QED) is 0.526. The van der Waals surface area contributed by atoms with E-state index in [1.54, 1.807) is 11.8 Å². The molecule has 162 valence electrons. The minimum atomic E-state index is -0.538. The van der Waals surface area contributed by atoms with E-state index in [-0.39, 0.29) is 25.6 Å². The number of rotatable bonds is 11. The summed E-state index contributed by atoms with van der Waals surface area (Å²) < 4.78 is 10.2. The van der Waals surface area contributed by atoms with Crippen LogP contribution in [0.4, 0.5) is 5.00 Å². The number of nitrogens with zero attached hydrogens (tertiary/aromatic N) is 1. The molecule has 0 aliphatic carbocycles. The summed E-state index contributed by atoms with van der Waals surface area (Å²) in [5, 5.41) is 5.00. The molecule has 30 heavy (non-hydrogen) atoms. The van der Waals surface area contributed by atoms with Gasteiger partial charge in [0.15, 0.2) is 0 Å². The number of hydrogen-bond donors (Lipinski definition) is 2. The van der Waals surface area contributed by atoms with Crippen LogP contribution in [0, 0.1) is 6.92 Å². The molecule has 0 fully saturated rings. The zero-order valence-electron chi connectivity index (χ0n) is 17.4. The third-order valence-electron chi connectivity index (χ3n) is 4.24. The minimum absolute atomic E-state index is 0.0632. The number of methoxy groups -OCH3 is 1. The molecule has 3 N–H and O–H groups in total. The number of primary amides is 1. The molecule has 8 nitrogen and oxygen atoms in total. The smallest absolute Gasteiger partial charge is 0.341 e. The SMILES string of the molecule is CCOC(=O)c1c(-c2ccc(C)cc2)csc1NC(=O)CN(CCOC)CC(N)=O. The Bertz CT molecular complexity index is 879. The first kappa shape index (κ1) is 23.5. The van der Waals surface area contributed by atoms with Crippen LogP contribution in [-0.4, -0.2) is 62.6 Å². The van der Waals surface area contributed by atoms with E-state index in [1.807, 2.05) is 36.6 Å². The van der Waals surface area contributed by atoms with Crippen molar-refractivity contribution in [1.29, 1.82) is 0 Å². The second-order valence-corrected chi connectivity index (χ2v) is 7.54. The predicted octanol–water partition coefficient (Wildman–Crippen LogP) is 2.27. The Morgan fingerprint density at radius 3 is 2.47 bits per heavy atom. The first-order valence-electron chi connectivity index (χ1n) is 9.50. The normalized spacial score (nSPS) is 10.8. The van der Waals surface area contributed by atoms with Gasteiger partial charge < -0.3 is 20.5 Å². The van der Waals surface area contributed by atoms with Crippen molar-refractivity contribution in [3.63, 3.8) is 0 Å². The number of benzene rings is 1. The first-order valence-corrected chi connectivity index (χ1v) is 10.4. The second kappa shape index (κ2) is 11.4. The molecule has 0 bridgehead atoms. The fourth-order valence-corrected chi connectivity index (χ4v) is 3.80. The number of nitrogens with one attached hydrogen (secondary N) is 1. The summed E-state index contributed by atoms with van der Waals surface area (Å²) in [7, 11) is 1.53. The number of thiophene rings is 1. The number of anilines is 1. The molecule has 0 saturated heterocycles. The van der Waals surface area contributed by atoms with Crippen molar-refractivity contribution in [3.8, 4) is 11.1 Å². The maximum absolute atomic E-state index is 12.6. The van der Waals surface area contributed by atoms with Crippen molar-refractivity contribution < 1.29 is 23.9 Å². The van der Waals surface area contributed by atoms with Gasteiger partial charge in [-0.15, -0.1) is 11.3 Å². The number of carbonyl (C=O) groups excluding carboxylic acids is 3. The molecular formula is C21H27N3O5S. The van der Waals surface area contributed by atoms with E-state index in [1.165, 1.54) is 18.4 Å². The van der Waals surface area contributed by atoms with Gasteiger partial charge in [0.05, 0.1) is 26.3 Å². The Morgan fingerprint density at radius 2 is 1.87 bits per heavy atom. The topological polar surface area (TPSA) is 111 Å². The highest BCUT2D eigenvalue weighted by Crippen LogP contribution is 2.36. The summed E-state index contributed by atoms with van der Waals surface area (Å²) in [6.45, 7) is 4.52. The lowest BCUT2D eigenvalue weighted by Gasteiger charge is -2.19. The van der Waals surface area contributed by atoms with Gasteiger partial charge in [0, 0.05) is 24.6 Å². The molecule has 0 aliphatic rings. The number of aryl methyl sites for hydroxylation is 1. The van der Waals surface area contributed by atoms with Gasteiger partial charge >= 0.3 is 5.97 Å². The molecule has 0 unspecified atom stereocenters. The van der Waals surface area contributed by atoms with Crippen molar-refractivity contribution in [2.24, 2.45) is 5.73 Å². The fraction of sp³-hybridized carbons (Fsp3) is 0.381. The Labute approximate surface area is 180 Å². The summed E-state index contributed by atoms with van der Waals surface area (Å²) in [5.41, 5.74) is 8.23. The molecule has 9 heteroatoms. The number of carbonyl (C=O) groups is 3. The fourth-order valence-electron chi connectivity index (χ4n) is 2.83. The van der Waals surface area contributed by atoms with Crippen LogP contribution in [-0.2, 0) is 19.1 Å². The summed E-state index contributed by atoms with van der Waals surface area (Å²) in [6, 6.07) is 7.76. The Hall–Kier alpha value is -2.75. The predicted molar refractivity (Wildman–Crippen MR) is 117 cm³/mol. The van der Waals surface area contributed by atoms with E-state index >= 15 is 0 Å². The molecule has 0 atom stereocenters. The molecule has 0 radical (unpaired) electrons. The van der Waals surface area contributed by atoms with Gasteiger partial charge in [-0.2, -0.15) is 0 Å². The number of hydrogen-bond acceptors (Lipinski definition) is 7.